The number of carbonyl (C=O) groups is 2. The van der Waals surface area contributed by atoms with Crippen LogP contribution in [0.25, 0.3) is 11.1 Å². The fourth-order valence-electron chi connectivity index (χ4n) is 4.37. The lowest BCUT2D eigenvalue weighted by molar-refractivity contribution is -0.141. The molecule has 1 aliphatic heterocycles. The summed E-state index contributed by atoms with van der Waals surface area (Å²) >= 11 is 6.38. The zero-order valence-corrected chi connectivity index (χ0v) is 19.1. The highest BCUT2D eigenvalue weighted by Gasteiger charge is 2.42. The number of amides is 1. The third-order valence-electron chi connectivity index (χ3n) is 6.02. The minimum absolute atomic E-state index is 0.335. The molecular weight excluding hydrogens is 442 g/mol. The van der Waals surface area contributed by atoms with E-state index in [-0.39, 0.29) is 5.91 Å². The number of aliphatic carboxylic acids is 1. The van der Waals surface area contributed by atoms with E-state index in [1.807, 2.05) is 42.5 Å². The van der Waals surface area contributed by atoms with Gasteiger partial charge in [-0.15, -0.1) is 0 Å². The molecule has 1 N–H and O–H groups in total. The maximum atomic E-state index is 13.5. The molecule has 1 aliphatic rings. The highest BCUT2D eigenvalue weighted by molar-refractivity contribution is 6.31. The quantitative estimate of drug-likeness (QED) is 0.523. The fraction of sp³-hybridized carbons (Fsp3) is 0.231. The van der Waals surface area contributed by atoms with Crippen molar-refractivity contribution in [1.82, 2.24) is 4.90 Å². The standard InChI is InChI=1S/C26H24ClNO5/c1-32-18-11-12-19(24(15-18)33-2)16-7-9-17(10-8-16)25(29)28-22(13-14-23(28)26(30)31)20-5-3-4-6-21(20)27/h3-12,15,22-23H,13-14H2,1-2H3,(H,30,31)/t22?,23-/m0/s1. The summed E-state index contributed by atoms with van der Waals surface area (Å²) in [7, 11) is 3.18. The van der Waals surface area contributed by atoms with E-state index in [9.17, 15) is 14.7 Å². The summed E-state index contributed by atoms with van der Waals surface area (Å²) < 4.78 is 10.7. The molecule has 170 valence electrons. The molecule has 7 heteroatoms. The fourth-order valence-corrected chi connectivity index (χ4v) is 4.63. The molecule has 1 saturated heterocycles. The molecule has 0 spiro atoms. The predicted molar refractivity (Wildman–Crippen MR) is 126 cm³/mol. The van der Waals surface area contributed by atoms with E-state index in [0.717, 1.165) is 16.7 Å². The van der Waals surface area contributed by atoms with Gasteiger partial charge >= 0.3 is 5.97 Å². The lowest BCUT2D eigenvalue weighted by Gasteiger charge is -2.29. The topological polar surface area (TPSA) is 76.1 Å². The Morgan fingerprint density at radius 2 is 1.70 bits per heavy atom. The van der Waals surface area contributed by atoms with Gasteiger partial charge in [0.1, 0.15) is 17.5 Å². The number of benzene rings is 3. The van der Waals surface area contributed by atoms with E-state index in [2.05, 4.69) is 0 Å². The Kier molecular flexibility index (Phi) is 6.56. The van der Waals surface area contributed by atoms with Gasteiger partial charge in [-0.05, 0) is 54.3 Å². The maximum Gasteiger partial charge on any atom is 0.326 e. The predicted octanol–water partition coefficient (Wildman–Crippen LogP) is 5.45. The molecule has 1 fully saturated rings. The number of nitrogens with zero attached hydrogens (tertiary/aromatic N) is 1. The van der Waals surface area contributed by atoms with E-state index in [0.29, 0.717) is 34.9 Å². The van der Waals surface area contributed by atoms with Crippen LogP contribution < -0.4 is 9.47 Å². The largest absolute Gasteiger partial charge is 0.497 e. The highest BCUT2D eigenvalue weighted by atomic mass is 35.5. The Hall–Kier alpha value is -3.51. The number of hydrogen-bond donors (Lipinski definition) is 1. The van der Waals surface area contributed by atoms with E-state index in [4.69, 9.17) is 21.1 Å². The molecule has 0 radical (unpaired) electrons. The number of hydrogen-bond acceptors (Lipinski definition) is 4. The summed E-state index contributed by atoms with van der Waals surface area (Å²) in [6.45, 7) is 0. The van der Waals surface area contributed by atoms with Crippen LogP contribution >= 0.6 is 11.6 Å². The number of ether oxygens (including phenoxy) is 2. The molecular formula is C26H24ClNO5. The monoisotopic (exact) mass is 465 g/mol. The number of halogens is 1. The Balaban J connectivity index is 1.66. The van der Waals surface area contributed by atoms with Gasteiger partial charge in [0.05, 0.1) is 20.3 Å². The summed E-state index contributed by atoms with van der Waals surface area (Å²) in [6.07, 6.45) is 0.908. The Bertz CT molecular complexity index is 1180. The molecule has 0 aliphatic carbocycles. The van der Waals surface area contributed by atoms with Gasteiger partial charge in [-0.2, -0.15) is 0 Å². The summed E-state index contributed by atoms with van der Waals surface area (Å²) in [6, 6.07) is 18.6. The average Bonchev–Trinajstić information content (AvgIpc) is 3.29. The Morgan fingerprint density at radius 3 is 2.33 bits per heavy atom. The summed E-state index contributed by atoms with van der Waals surface area (Å²) in [5.41, 5.74) is 2.90. The molecule has 0 saturated carbocycles. The SMILES string of the molecule is COc1ccc(-c2ccc(C(=O)N3C(c4ccccc4Cl)CC[C@H]3C(=O)O)cc2)c(OC)c1. The first kappa shape index (κ1) is 22.7. The van der Waals surface area contributed by atoms with Crippen LogP contribution in [-0.2, 0) is 4.79 Å². The summed E-state index contributed by atoms with van der Waals surface area (Å²) in [5, 5.41) is 10.3. The second-order valence-corrected chi connectivity index (χ2v) is 8.23. The number of carboxylic acid groups (broad SMARTS) is 1. The van der Waals surface area contributed by atoms with E-state index >= 15 is 0 Å². The second kappa shape index (κ2) is 9.55. The third-order valence-corrected chi connectivity index (χ3v) is 6.36. The number of carboxylic acids is 1. The first-order chi connectivity index (χ1) is 15.9. The number of likely N-dealkylation sites (tertiary alicyclic amines) is 1. The molecule has 1 heterocycles. The molecule has 0 bridgehead atoms. The molecule has 2 atom stereocenters. The second-order valence-electron chi connectivity index (χ2n) is 7.82. The van der Waals surface area contributed by atoms with Crippen LogP contribution in [0.2, 0.25) is 5.02 Å². The van der Waals surface area contributed by atoms with Gasteiger partial charge in [-0.1, -0.05) is 41.9 Å². The lowest BCUT2D eigenvalue weighted by Crippen LogP contribution is -2.41. The van der Waals surface area contributed by atoms with Crippen molar-refractivity contribution in [3.8, 4) is 22.6 Å². The van der Waals surface area contributed by atoms with Gasteiger partial charge in [0.15, 0.2) is 0 Å². The van der Waals surface area contributed by atoms with E-state index in [1.54, 1.807) is 38.5 Å². The molecule has 3 aromatic rings. The minimum Gasteiger partial charge on any atom is -0.497 e. The average molecular weight is 466 g/mol. The van der Waals surface area contributed by atoms with Gasteiger partial charge in [-0.25, -0.2) is 4.79 Å². The van der Waals surface area contributed by atoms with Crippen LogP contribution in [0.4, 0.5) is 0 Å². The molecule has 6 nitrogen and oxygen atoms in total. The highest BCUT2D eigenvalue weighted by Crippen LogP contribution is 2.40. The van der Waals surface area contributed by atoms with E-state index < -0.39 is 18.1 Å². The van der Waals surface area contributed by atoms with Crippen molar-refractivity contribution < 1.29 is 24.2 Å². The maximum absolute atomic E-state index is 13.5. The summed E-state index contributed by atoms with van der Waals surface area (Å²) in [5.74, 6) is -0.0185. The van der Waals surface area contributed by atoms with Crippen LogP contribution in [0.3, 0.4) is 0 Å². The van der Waals surface area contributed by atoms with Gasteiger partial charge in [0.25, 0.3) is 5.91 Å². The van der Waals surface area contributed by atoms with Crippen molar-refractivity contribution in [3.05, 3.63) is 82.9 Å². The van der Waals surface area contributed by atoms with E-state index in [1.165, 1.54) is 4.90 Å². The van der Waals surface area contributed by atoms with Crippen molar-refractivity contribution in [2.24, 2.45) is 0 Å². The Morgan fingerprint density at radius 1 is 0.970 bits per heavy atom. The zero-order chi connectivity index (χ0) is 23.5. The summed E-state index contributed by atoms with van der Waals surface area (Å²) in [4.78, 5) is 26.9. The van der Waals surface area contributed by atoms with Crippen molar-refractivity contribution in [3.63, 3.8) is 0 Å². The minimum atomic E-state index is -1.02. The van der Waals surface area contributed by atoms with Gasteiger partial charge in [0, 0.05) is 22.2 Å². The molecule has 1 unspecified atom stereocenters. The molecule has 4 rings (SSSR count). The van der Waals surface area contributed by atoms with Crippen LogP contribution in [0.1, 0.15) is 34.8 Å². The van der Waals surface area contributed by atoms with Crippen molar-refractivity contribution in [1.29, 1.82) is 0 Å². The number of methoxy groups -OCH3 is 2. The van der Waals surface area contributed by atoms with Crippen molar-refractivity contribution >= 4 is 23.5 Å². The Labute approximate surface area is 197 Å². The first-order valence-corrected chi connectivity index (χ1v) is 10.9. The van der Waals surface area contributed by atoms with Gasteiger partial charge in [-0.3, -0.25) is 4.79 Å². The van der Waals surface area contributed by atoms with Crippen molar-refractivity contribution in [2.75, 3.05) is 14.2 Å². The van der Waals surface area contributed by atoms with Crippen LogP contribution in [0, 0.1) is 0 Å². The molecule has 1 amide bonds. The normalized spacial score (nSPS) is 17.6. The molecule has 3 aromatic carbocycles. The third kappa shape index (κ3) is 4.39. The van der Waals surface area contributed by atoms with Crippen LogP contribution in [0.5, 0.6) is 11.5 Å². The van der Waals surface area contributed by atoms with Crippen molar-refractivity contribution in [2.45, 2.75) is 24.9 Å². The zero-order valence-electron chi connectivity index (χ0n) is 18.3. The smallest absolute Gasteiger partial charge is 0.326 e. The van der Waals surface area contributed by atoms with Crippen LogP contribution in [0.15, 0.2) is 66.7 Å². The first-order valence-electron chi connectivity index (χ1n) is 10.6. The van der Waals surface area contributed by atoms with Gasteiger partial charge in [0.2, 0.25) is 0 Å². The lowest BCUT2D eigenvalue weighted by atomic mass is 10.0. The molecule has 0 aromatic heterocycles. The molecule has 33 heavy (non-hydrogen) atoms. The number of rotatable bonds is 6. The van der Waals surface area contributed by atoms with Gasteiger partial charge < -0.3 is 19.5 Å². The van der Waals surface area contributed by atoms with Crippen LogP contribution in [-0.4, -0.2) is 42.1 Å². The number of carbonyl (C=O) groups excluding carboxylic acids is 1.